The number of aromatic nitrogens is 3. The first-order valence-electron chi connectivity index (χ1n) is 7.53. The topological polar surface area (TPSA) is 59.8 Å². The molecule has 5 nitrogen and oxygen atoms in total. The van der Waals surface area contributed by atoms with Crippen LogP contribution in [0.25, 0.3) is 5.69 Å². The van der Waals surface area contributed by atoms with Gasteiger partial charge in [0.2, 0.25) is 0 Å². The summed E-state index contributed by atoms with van der Waals surface area (Å²) >= 11 is 5.83. The highest BCUT2D eigenvalue weighted by Crippen LogP contribution is 2.33. The molecule has 3 rings (SSSR count). The smallest absolute Gasteiger partial charge is 0.336 e. The van der Waals surface area contributed by atoms with Gasteiger partial charge < -0.3 is 5.32 Å². The molecule has 0 amide bonds. The lowest BCUT2D eigenvalue weighted by Gasteiger charge is -2.13. The highest BCUT2D eigenvalue weighted by molar-refractivity contribution is 6.30. The van der Waals surface area contributed by atoms with Crippen molar-refractivity contribution in [2.45, 2.75) is 13.1 Å². The maximum atomic E-state index is 14.1. The van der Waals surface area contributed by atoms with Crippen molar-refractivity contribution >= 4 is 28.9 Å². The first-order valence-corrected chi connectivity index (χ1v) is 7.91. The van der Waals surface area contributed by atoms with Crippen LogP contribution in [0.5, 0.6) is 0 Å². The second kappa shape index (κ2) is 6.99. The van der Waals surface area contributed by atoms with Crippen LogP contribution in [0.2, 0.25) is 5.02 Å². The molecule has 0 aliphatic rings. The first-order chi connectivity index (χ1) is 12.7. The van der Waals surface area contributed by atoms with Crippen LogP contribution in [0.1, 0.15) is 23.0 Å². The normalized spacial score (nSPS) is 11.5. The fraction of sp³-hybridized carbons (Fsp3) is 0.118. The lowest BCUT2D eigenvalue weighted by molar-refractivity contribution is -0.137. The second-order valence-electron chi connectivity index (χ2n) is 5.55. The SMILES string of the molecule is CC(=O)c1nnn(-c2ccc(Cl)cc2)c1Nc1cc(C(F)(F)F)ccc1F. The maximum Gasteiger partial charge on any atom is 0.416 e. The maximum absolute atomic E-state index is 14.1. The number of benzene rings is 2. The number of anilines is 2. The van der Waals surface area contributed by atoms with Crippen LogP contribution < -0.4 is 5.32 Å². The van der Waals surface area contributed by atoms with Crippen molar-refractivity contribution in [1.82, 2.24) is 15.0 Å². The number of hydrogen-bond donors (Lipinski definition) is 1. The van der Waals surface area contributed by atoms with Crippen molar-refractivity contribution in [3.8, 4) is 5.69 Å². The number of carbonyl (C=O) groups excluding carboxylic acids is 1. The predicted octanol–water partition coefficient (Wildman–Crippen LogP) is 5.02. The summed E-state index contributed by atoms with van der Waals surface area (Å²) in [7, 11) is 0. The van der Waals surface area contributed by atoms with Crippen LogP contribution in [0.4, 0.5) is 29.1 Å². The average molecular weight is 399 g/mol. The molecule has 1 aromatic heterocycles. The fourth-order valence-electron chi connectivity index (χ4n) is 2.32. The minimum Gasteiger partial charge on any atom is -0.336 e. The summed E-state index contributed by atoms with van der Waals surface area (Å²) in [6.07, 6.45) is -4.65. The van der Waals surface area contributed by atoms with Crippen molar-refractivity contribution in [2.75, 3.05) is 5.32 Å². The van der Waals surface area contributed by atoms with E-state index in [-0.39, 0.29) is 11.5 Å². The van der Waals surface area contributed by atoms with Gasteiger partial charge in [0.25, 0.3) is 0 Å². The minimum absolute atomic E-state index is 0.0666. The molecular formula is C17H11ClF4N4O. The quantitative estimate of drug-likeness (QED) is 0.495. The van der Waals surface area contributed by atoms with Crippen LogP contribution in [-0.2, 0) is 6.18 Å². The van der Waals surface area contributed by atoms with Gasteiger partial charge in [-0.05, 0) is 42.5 Å². The van der Waals surface area contributed by atoms with E-state index < -0.39 is 29.0 Å². The van der Waals surface area contributed by atoms with E-state index in [0.29, 0.717) is 28.9 Å². The molecule has 0 bridgehead atoms. The van der Waals surface area contributed by atoms with E-state index in [1.807, 2.05) is 0 Å². The lowest BCUT2D eigenvalue weighted by Crippen LogP contribution is -2.09. The molecule has 0 spiro atoms. The highest BCUT2D eigenvalue weighted by Gasteiger charge is 2.31. The fourth-order valence-corrected chi connectivity index (χ4v) is 2.45. The summed E-state index contributed by atoms with van der Waals surface area (Å²) in [5.41, 5.74) is -1.23. The Morgan fingerprint density at radius 1 is 1.15 bits per heavy atom. The number of hydrogen-bond acceptors (Lipinski definition) is 4. The van der Waals surface area contributed by atoms with Crippen molar-refractivity contribution in [3.63, 3.8) is 0 Å². The van der Waals surface area contributed by atoms with Crippen LogP contribution in [-0.4, -0.2) is 20.8 Å². The summed E-state index contributed by atoms with van der Waals surface area (Å²) in [4.78, 5) is 11.8. The largest absolute Gasteiger partial charge is 0.416 e. The zero-order chi connectivity index (χ0) is 19.8. The van der Waals surface area contributed by atoms with Gasteiger partial charge in [-0.25, -0.2) is 4.39 Å². The molecule has 140 valence electrons. The van der Waals surface area contributed by atoms with Gasteiger partial charge in [0, 0.05) is 11.9 Å². The van der Waals surface area contributed by atoms with Crippen LogP contribution >= 0.6 is 11.6 Å². The monoisotopic (exact) mass is 398 g/mol. The predicted molar refractivity (Wildman–Crippen MR) is 91.1 cm³/mol. The van der Waals surface area contributed by atoms with Gasteiger partial charge in [0.1, 0.15) is 5.82 Å². The van der Waals surface area contributed by atoms with Crippen molar-refractivity contribution < 1.29 is 22.4 Å². The van der Waals surface area contributed by atoms with E-state index in [9.17, 15) is 22.4 Å². The number of carbonyl (C=O) groups is 1. The standard InChI is InChI=1S/C17H11ClF4N4O/c1-9(27)15-16(26(25-24-15)12-5-3-11(18)4-6-12)23-14-8-10(17(20,21)22)2-7-13(14)19/h2-8,23H,1H3. The zero-order valence-corrected chi connectivity index (χ0v) is 14.4. The Morgan fingerprint density at radius 2 is 1.81 bits per heavy atom. The Bertz CT molecular complexity index is 999. The minimum atomic E-state index is -4.65. The number of nitrogens with zero attached hydrogens (tertiary/aromatic N) is 3. The Balaban J connectivity index is 2.10. The molecule has 2 aromatic carbocycles. The second-order valence-corrected chi connectivity index (χ2v) is 5.98. The van der Waals surface area contributed by atoms with Gasteiger partial charge in [0.15, 0.2) is 17.3 Å². The number of rotatable bonds is 4. The molecule has 0 saturated heterocycles. The Kier molecular flexibility index (Phi) is 4.88. The van der Waals surface area contributed by atoms with E-state index in [1.54, 1.807) is 24.3 Å². The third-order valence-corrected chi connectivity index (χ3v) is 3.87. The Hall–Kier alpha value is -2.94. The van der Waals surface area contributed by atoms with Gasteiger partial charge >= 0.3 is 6.18 Å². The van der Waals surface area contributed by atoms with E-state index in [0.717, 1.165) is 0 Å². The van der Waals surface area contributed by atoms with Crippen molar-refractivity contribution in [2.24, 2.45) is 0 Å². The molecular weight excluding hydrogens is 388 g/mol. The van der Waals surface area contributed by atoms with E-state index >= 15 is 0 Å². The first kappa shape index (κ1) is 18.8. The number of ketones is 1. The highest BCUT2D eigenvalue weighted by atomic mass is 35.5. The molecule has 0 unspecified atom stereocenters. The van der Waals surface area contributed by atoms with Crippen LogP contribution in [0.15, 0.2) is 42.5 Å². The molecule has 0 saturated carbocycles. The molecule has 1 heterocycles. The molecule has 27 heavy (non-hydrogen) atoms. The molecule has 0 aliphatic carbocycles. The van der Waals surface area contributed by atoms with Gasteiger partial charge in [0.05, 0.1) is 16.9 Å². The van der Waals surface area contributed by atoms with Crippen molar-refractivity contribution in [3.05, 3.63) is 64.6 Å². The number of Topliss-reactive ketones (excluding diaryl/α,β-unsaturated/α-hetero) is 1. The van der Waals surface area contributed by atoms with E-state index in [2.05, 4.69) is 15.6 Å². The van der Waals surface area contributed by atoms with Crippen LogP contribution in [0.3, 0.4) is 0 Å². The molecule has 0 atom stereocenters. The molecule has 0 radical (unpaired) electrons. The Morgan fingerprint density at radius 3 is 2.41 bits per heavy atom. The summed E-state index contributed by atoms with van der Waals surface area (Å²) < 4.78 is 54.0. The third kappa shape index (κ3) is 3.92. The van der Waals surface area contributed by atoms with Gasteiger partial charge in [-0.15, -0.1) is 5.10 Å². The van der Waals surface area contributed by atoms with Crippen molar-refractivity contribution in [1.29, 1.82) is 0 Å². The molecule has 0 fully saturated rings. The summed E-state index contributed by atoms with van der Waals surface area (Å²) in [6, 6.07) is 8.17. The molecule has 1 N–H and O–H groups in total. The number of nitrogens with one attached hydrogen (secondary N) is 1. The van der Waals surface area contributed by atoms with Gasteiger partial charge in [-0.3, -0.25) is 4.79 Å². The average Bonchev–Trinajstić information content (AvgIpc) is 3.00. The third-order valence-electron chi connectivity index (χ3n) is 3.62. The van der Waals surface area contributed by atoms with Gasteiger partial charge in [-0.2, -0.15) is 17.9 Å². The number of alkyl halides is 3. The summed E-state index contributed by atoms with van der Waals surface area (Å²) in [5.74, 6) is -1.49. The zero-order valence-electron chi connectivity index (χ0n) is 13.7. The lowest BCUT2D eigenvalue weighted by atomic mass is 10.2. The van der Waals surface area contributed by atoms with E-state index in [4.69, 9.17) is 11.6 Å². The van der Waals surface area contributed by atoms with Crippen LogP contribution in [0, 0.1) is 5.82 Å². The number of halogens is 5. The Labute approximate surface area is 155 Å². The molecule has 10 heteroatoms. The van der Waals surface area contributed by atoms with Gasteiger partial charge in [-0.1, -0.05) is 16.8 Å². The molecule has 3 aromatic rings. The summed E-state index contributed by atoms with van der Waals surface area (Å²) in [6.45, 7) is 1.21. The van der Waals surface area contributed by atoms with E-state index in [1.165, 1.54) is 11.6 Å². The molecule has 0 aliphatic heterocycles. The summed E-state index contributed by atoms with van der Waals surface area (Å²) in [5, 5.41) is 10.5.